The molecule has 4 aromatic rings. The van der Waals surface area contributed by atoms with Gasteiger partial charge < -0.3 is 4.90 Å². The molecule has 6 heteroatoms. The first-order chi connectivity index (χ1) is 16.0. The number of rotatable bonds is 3. The van der Waals surface area contributed by atoms with Crippen LogP contribution in [0.25, 0.3) is 16.9 Å². The summed E-state index contributed by atoms with van der Waals surface area (Å²) in [5.74, 6) is -0.00803. The fourth-order valence-corrected chi connectivity index (χ4v) is 4.93. The predicted molar refractivity (Wildman–Crippen MR) is 125 cm³/mol. The molecule has 5 nitrogen and oxygen atoms in total. The fraction of sp³-hybridized carbons (Fsp3) is 0.296. The molecule has 166 valence electrons. The molecule has 0 bridgehead atoms. The molecule has 1 aliphatic carbocycles. The van der Waals surface area contributed by atoms with Gasteiger partial charge in [-0.25, -0.2) is 13.9 Å². The summed E-state index contributed by atoms with van der Waals surface area (Å²) >= 11 is 0. The summed E-state index contributed by atoms with van der Waals surface area (Å²) in [6.07, 6.45) is 2.97. The summed E-state index contributed by atoms with van der Waals surface area (Å²) in [6, 6.07) is 17.1. The van der Waals surface area contributed by atoms with Crippen LogP contribution in [-0.2, 0) is 6.42 Å². The molecule has 2 aliphatic rings. The number of carbonyl (C=O) groups is 1. The van der Waals surface area contributed by atoms with E-state index in [1.54, 1.807) is 16.6 Å². The van der Waals surface area contributed by atoms with Crippen LogP contribution in [0.15, 0.2) is 54.6 Å². The molecule has 0 radical (unpaired) electrons. The largest absolute Gasteiger partial charge is 0.330 e. The fourth-order valence-electron chi connectivity index (χ4n) is 4.93. The lowest BCUT2D eigenvalue weighted by Gasteiger charge is -2.35. The molecule has 1 atom stereocenters. The quantitative estimate of drug-likeness (QED) is 0.424. The normalized spacial score (nSPS) is 17.9. The van der Waals surface area contributed by atoms with E-state index in [0.717, 1.165) is 30.5 Å². The van der Waals surface area contributed by atoms with Crippen LogP contribution in [-0.4, -0.2) is 31.9 Å². The first-order valence-electron chi connectivity index (χ1n) is 11.6. The minimum Gasteiger partial charge on any atom is -0.330 e. The molecule has 1 saturated carbocycles. The Morgan fingerprint density at radius 3 is 2.70 bits per heavy atom. The molecule has 1 fully saturated rings. The van der Waals surface area contributed by atoms with Crippen molar-refractivity contribution in [1.82, 2.24) is 19.5 Å². The number of hydrogen-bond acceptors (Lipinski definition) is 3. The molecule has 33 heavy (non-hydrogen) atoms. The lowest BCUT2D eigenvalue weighted by molar-refractivity contribution is 0.0671. The summed E-state index contributed by atoms with van der Waals surface area (Å²) in [6.45, 7) is 4.61. The van der Waals surface area contributed by atoms with Gasteiger partial charge in [0.2, 0.25) is 0 Å². The van der Waals surface area contributed by atoms with Crippen molar-refractivity contribution in [3.63, 3.8) is 0 Å². The lowest BCUT2D eigenvalue weighted by atomic mass is 9.93. The highest BCUT2D eigenvalue weighted by Crippen LogP contribution is 2.41. The van der Waals surface area contributed by atoms with Crippen LogP contribution in [0.4, 0.5) is 4.39 Å². The Morgan fingerprint density at radius 2 is 1.91 bits per heavy atom. The first kappa shape index (κ1) is 20.1. The molecule has 0 unspecified atom stereocenters. The van der Waals surface area contributed by atoms with E-state index in [1.807, 2.05) is 30.0 Å². The van der Waals surface area contributed by atoms with Crippen LogP contribution < -0.4 is 0 Å². The highest BCUT2D eigenvalue weighted by molar-refractivity contribution is 5.93. The number of halogens is 1. The molecular formula is C27H25FN4O. The number of carbonyl (C=O) groups excluding carboxylic acids is 1. The molecular weight excluding hydrogens is 415 g/mol. The van der Waals surface area contributed by atoms with Crippen molar-refractivity contribution in [2.75, 3.05) is 6.54 Å². The van der Waals surface area contributed by atoms with Crippen molar-refractivity contribution in [3.8, 4) is 11.3 Å². The van der Waals surface area contributed by atoms with Gasteiger partial charge in [0.1, 0.15) is 11.5 Å². The number of aryl methyl sites for hydroxylation is 1. The van der Waals surface area contributed by atoms with Crippen LogP contribution >= 0.6 is 0 Å². The van der Waals surface area contributed by atoms with Gasteiger partial charge in [-0.1, -0.05) is 30.3 Å². The van der Waals surface area contributed by atoms with E-state index in [2.05, 4.69) is 30.2 Å². The maximum Gasteiger partial charge on any atom is 0.273 e. The lowest BCUT2D eigenvalue weighted by Crippen LogP contribution is -2.39. The number of nitrogens with zero attached hydrogens (tertiary/aromatic N) is 4. The Labute approximate surface area is 191 Å². The number of benzene rings is 2. The summed E-state index contributed by atoms with van der Waals surface area (Å²) in [5.41, 5.74) is 6.34. The third kappa shape index (κ3) is 3.41. The summed E-state index contributed by atoms with van der Waals surface area (Å²) in [4.78, 5) is 20.2. The van der Waals surface area contributed by atoms with Gasteiger partial charge in [0.05, 0.1) is 11.7 Å². The van der Waals surface area contributed by atoms with Crippen molar-refractivity contribution >= 4 is 11.6 Å². The first-order valence-corrected chi connectivity index (χ1v) is 11.6. The zero-order chi connectivity index (χ0) is 22.7. The van der Waals surface area contributed by atoms with E-state index < -0.39 is 0 Å². The smallest absolute Gasteiger partial charge is 0.273 e. The van der Waals surface area contributed by atoms with Gasteiger partial charge in [-0.2, -0.15) is 5.10 Å². The molecule has 2 aromatic heterocycles. The second kappa shape index (κ2) is 7.51. The second-order valence-corrected chi connectivity index (χ2v) is 9.25. The third-order valence-electron chi connectivity index (χ3n) is 6.93. The minimum absolute atomic E-state index is 0.00743. The average Bonchev–Trinajstić information content (AvgIpc) is 3.57. The SMILES string of the molecule is Cc1ccc(-c2cc3nc(C(=O)N4CCc5ccccc5[C@H]4C)cc(C4CC4)n3n2)c(F)c1. The van der Waals surface area contributed by atoms with Crippen LogP contribution in [0.5, 0.6) is 0 Å². The standard InChI is InChI=1S/C27H25FN4O/c1-16-7-10-21(22(28)13-16)23-15-26-29-24(14-25(19-8-9-19)32(26)30-23)27(33)31-12-11-18-5-3-4-6-20(18)17(31)2/h3-7,10,13-15,17,19H,8-9,11-12H2,1-2H3/t17-/m1/s1. The predicted octanol–water partition coefficient (Wildman–Crippen LogP) is 5.48. The van der Waals surface area contributed by atoms with Gasteiger partial charge in [0, 0.05) is 29.8 Å². The Balaban J connectivity index is 1.41. The topological polar surface area (TPSA) is 50.5 Å². The van der Waals surface area contributed by atoms with Crippen LogP contribution in [0.2, 0.25) is 0 Å². The molecule has 1 aliphatic heterocycles. The zero-order valence-corrected chi connectivity index (χ0v) is 18.8. The number of hydrogen-bond donors (Lipinski definition) is 0. The summed E-state index contributed by atoms with van der Waals surface area (Å²) < 4.78 is 16.4. The third-order valence-corrected chi connectivity index (χ3v) is 6.93. The van der Waals surface area contributed by atoms with E-state index in [9.17, 15) is 9.18 Å². The monoisotopic (exact) mass is 440 g/mol. The van der Waals surface area contributed by atoms with Gasteiger partial charge in [0.15, 0.2) is 5.65 Å². The van der Waals surface area contributed by atoms with E-state index >= 15 is 0 Å². The Hall–Kier alpha value is -3.54. The second-order valence-electron chi connectivity index (χ2n) is 9.25. The van der Waals surface area contributed by atoms with E-state index in [1.165, 1.54) is 17.2 Å². The number of amides is 1. The van der Waals surface area contributed by atoms with E-state index in [0.29, 0.717) is 35.1 Å². The molecule has 6 rings (SSSR count). The molecule has 0 saturated heterocycles. The highest BCUT2D eigenvalue weighted by atomic mass is 19.1. The number of aromatic nitrogens is 3. The minimum atomic E-state index is -0.302. The van der Waals surface area contributed by atoms with Gasteiger partial charge in [0.25, 0.3) is 5.91 Å². The summed E-state index contributed by atoms with van der Waals surface area (Å²) in [7, 11) is 0. The molecule has 0 spiro atoms. The molecule has 2 aromatic carbocycles. The van der Waals surface area contributed by atoms with Gasteiger partial charge in [-0.15, -0.1) is 0 Å². The van der Waals surface area contributed by atoms with E-state index in [4.69, 9.17) is 4.98 Å². The van der Waals surface area contributed by atoms with Gasteiger partial charge in [-0.3, -0.25) is 4.79 Å². The molecule has 1 amide bonds. The average molecular weight is 441 g/mol. The maximum atomic E-state index is 14.6. The van der Waals surface area contributed by atoms with Crippen LogP contribution in [0, 0.1) is 12.7 Å². The van der Waals surface area contributed by atoms with Crippen molar-refractivity contribution in [2.45, 2.75) is 45.1 Å². The molecule has 3 heterocycles. The van der Waals surface area contributed by atoms with Crippen molar-refractivity contribution in [2.24, 2.45) is 0 Å². The van der Waals surface area contributed by atoms with Crippen LogP contribution in [0.3, 0.4) is 0 Å². The van der Waals surface area contributed by atoms with Crippen molar-refractivity contribution in [1.29, 1.82) is 0 Å². The highest BCUT2D eigenvalue weighted by Gasteiger charge is 2.32. The Morgan fingerprint density at radius 1 is 1.09 bits per heavy atom. The Bertz CT molecular complexity index is 1400. The summed E-state index contributed by atoms with van der Waals surface area (Å²) in [5, 5.41) is 4.68. The maximum absolute atomic E-state index is 14.6. The Kier molecular flexibility index (Phi) is 4.57. The van der Waals surface area contributed by atoms with Crippen LogP contribution in [0.1, 0.15) is 64.6 Å². The zero-order valence-electron chi connectivity index (χ0n) is 18.8. The van der Waals surface area contributed by atoms with Crippen molar-refractivity contribution < 1.29 is 9.18 Å². The van der Waals surface area contributed by atoms with Gasteiger partial charge >= 0.3 is 0 Å². The number of fused-ring (bicyclic) bond motifs is 2. The van der Waals surface area contributed by atoms with E-state index in [-0.39, 0.29) is 17.8 Å². The molecule has 0 N–H and O–H groups in total. The van der Waals surface area contributed by atoms with Gasteiger partial charge in [-0.05, 0) is 68.0 Å². The van der Waals surface area contributed by atoms with Crippen molar-refractivity contribution in [3.05, 3.63) is 88.5 Å².